The largest absolute Gasteiger partial charge is 0.471 e. The number of hydrogen-bond acceptors (Lipinski definition) is 5. The number of carbonyl (C=O) groups excluding carboxylic acids is 1. The van der Waals surface area contributed by atoms with Gasteiger partial charge in [-0.1, -0.05) is 29.8 Å². The third-order valence-electron chi connectivity index (χ3n) is 4.73. The van der Waals surface area contributed by atoms with E-state index in [9.17, 15) is 4.79 Å². The first-order valence-corrected chi connectivity index (χ1v) is 10.2. The molecular formula is C22H23ClN4O3. The number of anilines is 1. The molecule has 30 heavy (non-hydrogen) atoms. The summed E-state index contributed by atoms with van der Waals surface area (Å²) in [5.74, 6) is 0.376. The average Bonchev–Trinajstić information content (AvgIpc) is 3.23. The fourth-order valence-electron chi connectivity index (χ4n) is 3.21. The van der Waals surface area contributed by atoms with Crippen molar-refractivity contribution in [1.82, 2.24) is 14.7 Å². The Morgan fingerprint density at radius 2 is 1.97 bits per heavy atom. The zero-order chi connectivity index (χ0) is 20.8. The van der Waals surface area contributed by atoms with Gasteiger partial charge in [-0.3, -0.25) is 9.69 Å². The molecule has 2 aromatic carbocycles. The van der Waals surface area contributed by atoms with Crippen molar-refractivity contribution in [3.63, 3.8) is 0 Å². The van der Waals surface area contributed by atoms with Gasteiger partial charge < -0.3 is 14.8 Å². The molecule has 0 spiro atoms. The van der Waals surface area contributed by atoms with Crippen LogP contribution in [0.1, 0.15) is 16.1 Å². The topological polar surface area (TPSA) is 68.6 Å². The minimum Gasteiger partial charge on any atom is -0.471 e. The van der Waals surface area contributed by atoms with Gasteiger partial charge in [0, 0.05) is 36.5 Å². The number of hydrogen-bond donors (Lipinski definition) is 1. The maximum Gasteiger partial charge on any atom is 0.276 e. The van der Waals surface area contributed by atoms with Gasteiger partial charge in [-0.05, 0) is 42.0 Å². The lowest BCUT2D eigenvalue weighted by Gasteiger charge is -2.26. The quantitative estimate of drug-likeness (QED) is 0.624. The zero-order valence-corrected chi connectivity index (χ0v) is 17.2. The fraction of sp³-hybridized carbons (Fsp3) is 0.273. The second kappa shape index (κ2) is 9.75. The lowest BCUT2D eigenvalue weighted by molar-refractivity contribution is 0.0342. The molecule has 1 amide bonds. The molecule has 156 valence electrons. The van der Waals surface area contributed by atoms with Crippen LogP contribution in [-0.2, 0) is 18.0 Å². The van der Waals surface area contributed by atoms with E-state index < -0.39 is 0 Å². The number of benzene rings is 2. The van der Waals surface area contributed by atoms with E-state index in [2.05, 4.69) is 21.4 Å². The Morgan fingerprint density at radius 3 is 2.80 bits per heavy atom. The number of ether oxygens (including phenoxy) is 2. The first kappa shape index (κ1) is 20.4. The summed E-state index contributed by atoms with van der Waals surface area (Å²) in [5.41, 5.74) is 2.22. The van der Waals surface area contributed by atoms with Crippen molar-refractivity contribution >= 4 is 23.2 Å². The van der Waals surface area contributed by atoms with Crippen molar-refractivity contribution in [3.8, 4) is 5.75 Å². The molecule has 7 nitrogen and oxygen atoms in total. The van der Waals surface area contributed by atoms with Crippen molar-refractivity contribution in [2.24, 2.45) is 0 Å². The van der Waals surface area contributed by atoms with Crippen molar-refractivity contribution < 1.29 is 14.3 Å². The lowest BCUT2D eigenvalue weighted by Crippen LogP contribution is -2.35. The van der Waals surface area contributed by atoms with Crippen molar-refractivity contribution in [1.29, 1.82) is 0 Å². The van der Waals surface area contributed by atoms with Crippen LogP contribution in [0.2, 0.25) is 5.02 Å². The third-order valence-corrected chi connectivity index (χ3v) is 4.96. The number of nitrogens with one attached hydrogen (secondary N) is 1. The van der Waals surface area contributed by atoms with Crippen LogP contribution in [0, 0.1) is 0 Å². The molecular weight excluding hydrogens is 404 g/mol. The smallest absolute Gasteiger partial charge is 0.276 e. The highest BCUT2D eigenvalue weighted by Gasteiger charge is 2.13. The second-order valence-electron chi connectivity index (χ2n) is 7.01. The van der Waals surface area contributed by atoms with Crippen LogP contribution >= 0.6 is 11.6 Å². The molecule has 0 aliphatic carbocycles. The monoisotopic (exact) mass is 426 g/mol. The predicted octanol–water partition coefficient (Wildman–Crippen LogP) is 3.66. The van der Waals surface area contributed by atoms with Crippen molar-refractivity contribution in [2.45, 2.75) is 13.3 Å². The zero-order valence-electron chi connectivity index (χ0n) is 16.5. The minimum atomic E-state index is -0.264. The summed E-state index contributed by atoms with van der Waals surface area (Å²) in [6, 6.07) is 16.7. The second-order valence-corrected chi connectivity index (χ2v) is 7.45. The van der Waals surface area contributed by atoms with Crippen molar-refractivity contribution in [2.75, 3.05) is 31.6 Å². The van der Waals surface area contributed by atoms with Crippen LogP contribution < -0.4 is 10.1 Å². The van der Waals surface area contributed by atoms with Crippen molar-refractivity contribution in [3.05, 3.63) is 77.1 Å². The number of nitrogens with zero attached hydrogens (tertiary/aromatic N) is 3. The highest BCUT2D eigenvalue weighted by atomic mass is 35.5. The number of morpholine rings is 1. The van der Waals surface area contributed by atoms with Crippen LogP contribution in [0.5, 0.6) is 5.75 Å². The molecule has 1 aromatic heterocycles. The van der Waals surface area contributed by atoms with Gasteiger partial charge in [-0.25, -0.2) is 4.68 Å². The van der Waals surface area contributed by atoms with Gasteiger partial charge in [-0.2, -0.15) is 5.10 Å². The Hall–Kier alpha value is -2.87. The van der Waals surface area contributed by atoms with Crippen LogP contribution in [-0.4, -0.2) is 46.9 Å². The maximum absolute atomic E-state index is 12.6. The van der Waals surface area contributed by atoms with Gasteiger partial charge in [0.15, 0.2) is 12.4 Å². The van der Waals surface area contributed by atoms with Crippen LogP contribution in [0.3, 0.4) is 0 Å². The molecule has 4 rings (SSSR count). The molecule has 0 atom stereocenters. The highest BCUT2D eigenvalue weighted by Crippen LogP contribution is 2.18. The van der Waals surface area contributed by atoms with Crippen LogP contribution in [0.15, 0.2) is 60.8 Å². The SMILES string of the molecule is O=C(Nc1cccc(CN2CCOCC2)c1)c1ccn(COc2cccc(Cl)c2)n1. The summed E-state index contributed by atoms with van der Waals surface area (Å²) in [5, 5.41) is 7.80. The minimum absolute atomic E-state index is 0.183. The molecule has 1 aliphatic heterocycles. The van der Waals surface area contributed by atoms with Crippen LogP contribution in [0.25, 0.3) is 0 Å². The Morgan fingerprint density at radius 1 is 1.13 bits per heavy atom. The number of halogens is 1. The van der Waals surface area contributed by atoms with Gasteiger partial charge in [0.1, 0.15) is 5.75 Å². The number of amides is 1. The summed E-state index contributed by atoms with van der Waals surface area (Å²) in [4.78, 5) is 14.9. The Bertz CT molecular complexity index is 1000. The summed E-state index contributed by atoms with van der Waals surface area (Å²) >= 11 is 5.95. The predicted molar refractivity (Wildman–Crippen MR) is 115 cm³/mol. The molecule has 1 fully saturated rings. The van der Waals surface area contributed by atoms with Gasteiger partial charge in [-0.15, -0.1) is 0 Å². The molecule has 3 aromatic rings. The fourth-order valence-corrected chi connectivity index (χ4v) is 3.39. The first-order chi connectivity index (χ1) is 14.7. The Labute approximate surface area is 180 Å². The normalized spacial score (nSPS) is 14.4. The van der Waals surface area contributed by atoms with E-state index in [4.69, 9.17) is 21.1 Å². The van der Waals surface area contributed by atoms with Gasteiger partial charge in [0.05, 0.1) is 13.2 Å². The van der Waals surface area contributed by atoms with E-state index >= 15 is 0 Å². The molecule has 0 bridgehead atoms. The maximum atomic E-state index is 12.6. The molecule has 8 heteroatoms. The van der Waals surface area contributed by atoms with E-state index in [-0.39, 0.29) is 12.6 Å². The molecule has 1 aliphatic rings. The molecule has 2 heterocycles. The van der Waals surface area contributed by atoms with Gasteiger partial charge in [0.25, 0.3) is 5.91 Å². The van der Waals surface area contributed by atoms with E-state index in [1.807, 2.05) is 30.3 Å². The van der Waals surface area contributed by atoms with Crippen LogP contribution in [0.4, 0.5) is 5.69 Å². The first-order valence-electron chi connectivity index (χ1n) is 9.78. The number of carbonyl (C=O) groups is 1. The standard InChI is InChI=1S/C22H23ClN4O3/c23-18-4-2-6-20(14-18)30-16-27-8-7-21(25-27)22(28)24-19-5-1-3-17(13-19)15-26-9-11-29-12-10-26/h1-8,13-14H,9-12,15-16H2,(H,24,28). The summed E-state index contributed by atoms with van der Waals surface area (Å²) in [7, 11) is 0. The Kier molecular flexibility index (Phi) is 6.63. The van der Waals surface area contributed by atoms with Gasteiger partial charge in [0.2, 0.25) is 0 Å². The molecule has 1 saturated heterocycles. The third kappa shape index (κ3) is 5.60. The summed E-state index contributed by atoms with van der Waals surface area (Å²) in [6.07, 6.45) is 1.70. The van der Waals surface area contributed by atoms with E-state index in [0.717, 1.165) is 44.1 Å². The highest BCUT2D eigenvalue weighted by molar-refractivity contribution is 6.30. The molecule has 0 radical (unpaired) electrons. The summed E-state index contributed by atoms with van der Waals surface area (Å²) < 4.78 is 12.6. The average molecular weight is 427 g/mol. The van der Waals surface area contributed by atoms with E-state index in [1.54, 1.807) is 29.1 Å². The summed E-state index contributed by atoms with van der Waals surface area (Å²) in [6.45, 7) is 4.39. The number of rotatable bonds is 7. The van der Waals surface area contributed by atoms with E-state index in [1.165, 1.54) is 0 Å². The lowest BCUT2D eigenvalue weighted by atomic mass is 10.2. The Balaban J connectivity index is 1.33. The van der Waals surface area contributed by atoms with Gasteiger partial charge >= 0.3 is 0 Å². The number of aromatic nitrogens is 2. The molecule has 0 unspecified atom stereocenters. The molecule has 0 saturated carbocycles. The van der Waals surface area contributed by atoms with E-state index in [0.29, 0.717) is 16.5 Å². The molecule has 1 N–H and O–H groups in total.